The normalized spacial score (nSPS) is 10.4. The Labute approximate surface area is 301 Å². The summed E-state index contributed by atoms with van der Waals surface area (Å²) in [5.41, 5.74) is 0. The number of hydrogen-bond acceptors (Lipinski definition) is 4. The van der Waals surface area contributed by atoms with Crippen molar-refractivity contribution in [1.29, 1.82) is 0 Å². The number of aryl methyl sites for hydroxylation is 8. The first kappa shape index (κ1) is 49.0. The van der Waals surface area contributed by atoms with Crippen LogP contribution in [-0.4, -0.2) is 18.3 Å². The lowest BCUT2D eigenvalue weighted by Gasteiger charge is -2.36. The van der Waals surface area contributed by atoms with Crippen molar-refractivity contribution in [1.82, 2.24) is 18.3 Å². The zero-order valence-electron chi connectivity index (χ0n) is 33.1. The highest BCUT2D eigenvalue weighted by atomic mass is 31.2. The molecule has 0 unspecified atom stereocenters. The number of aromatic nitrogens is 8. The minimum atomic E-state index is -5.39. The highest BCUT2D eigenvalue weighted by Gasteiger charge is 2.09. The Hall–Kier alpha value is -3.12. The van der Waals surface area contributed by atoms with Gasteiger partial charge in [-0.25, -0.2) is 36.5 Å². The summed E-state index contributed by atoms with van der Waals surface area (Å²) >= 11 is 0. The molecule has 12 nitrogen and oxygen atoms in total. The fourth-order valence-electron chi connectivity index (χ4n) is 4.65. The van der Waals surface area contributed by atoms with Crippen molar-refractivity contribution in [3.05, 3.63) is 72.9 Å². The average molecular weight is 727 g/mol. The smallest absolute Gasteiger partial charge is 0.253 e. The van der Waals surface area contributed by atoms with E-state index in [9.17, 15) is 0 Å². The van der Waals surface area contributed by atoms with Crippen molar-refractivity contribution in [2.24, 2.45) is 28.2 Å². The van der Waals surface area contributed by atoms with Crippen LogP contribution < -0.4 is 37.7 Å². The first-order valence-electron chi connectivity index (χ1n) is 17.8. The molecule has 0 radical (unpaired) electrons. The second-order valence-corrected chi connectivity index (χ2v) is 13.4. The summed E-state index contributed by atoms with van der Waals surface area (Å²) in [6, 6.07) is 0. The summed E-state index contributed by atoms with van der Waals surface area (Å²) in [6.45, 7) is 22.1. The Morgan fingerprint density at radius 2 is 0.640 bits per heavy atom. The maximum atomic E-state index is 8.55. The van der Waals surface area contributed by atoms with Crippen LogP contribution in [0.25, 0.3) is 0 Å². The van der Waals surface area contributed by atoms with E-state index >= 15 is 0 Å². The Bertz CT molecular complexity index is 1280. The second-order valence-electron chi connectivity index (χ2n) is 12.5. The van der Waals surface area contributed by atoms with E-state index in [1.54, 1.807) is 0 Å². The predicted molar refractivity (Wildman–Crippen MR) is 189 cm³/mol. The van der Waals surface area contributed by atoms with Crippen LogP contribution >= 0.6 is 7.82 Å². The van der Waals surface area contributed by atoms with Crippen molar-refractivity contribution in [2.75, 3.05) is 0 Å². The highest BCUT2D eigenvalue weighted by Crippen LogP contribution is 2.03. The standard InChI is InChI=1S/4C9H17N2.FH.H3O4P/c4*1-4-5-6-11-8-7-10(3)9(11)2;;1-5(2,3)4/h4*7-8H,4-6H2,1-3H3;1H;(H3,1,2,3,4)/q4*+1;;/p-4. The third-order valence-corrected chi connectivity index (χ3v) is 8.60. The number of rotatable bonds is 12. The van der Waals surface area contributed by atoms with Gasteiger partial charge in [-0.05, 0) is 25.7 Å². The lowest BCUT2D eigenvalue weighted by atomic mass is 10.3. The van der Waals surface area contributed by atoms with E-state index in [-0.39, 0.29) is 4.70 Å². The van der Waals surface area contributed by atoms with Gasteiger partial charge >= 0.3 is 0 Å². The maximum Gasteiger partial charge on any atom is 0.253 e. The van der Waals surface area contributed by atoms with Gasteiger partial charge in [0, 0.05) is 27.7 Å². The molecule has 4 rings (SSSR count). The Morgan fingerprint density at radius 3 is 0.740 bits per heavy atom. The van der Waals surface area contributed by atoms with Crippen LogP contribution in [0.3, 0.4) is 0 Å². The fraction of sp³-hybridized carbons (Fsp3) is 0.667. The zero-order chi connectivity index (χ0) is 37.6. The summed E-state index contributed by atoms with van der Waals surface area (Å²) < 4.78 is 26.3. The average Bonchev–Trinajstić information content (AvgIpc) is 3.76. The molecule has 0 aromatic carbocycles. The topological polar surface area (TPSA) is 121 Å². The van der Waals surface area contributed by atoms with Gasteiger partial charge in [0.25, 0.3) is 23.3 Å². The first-order valence-corrected chi connectivity index (χ1v) is 19.3. The van der Waals surface area contributed by atoms with Crippen molar-refractivity contribution in [2.45, 2.75) is 133 Å². The Morgan fingerprint density at radius 1 is 0.480 bits per heavy atom. The summed E-state index contributed by atoms with van der Waals surface area (Å²) in [6.07, 6.45) is 27.1. The van der Waals surface area contributed by atoms with E-state index in [0.29, 0.717) is 0 Å². The van der Waals surface area contributed by atoms with Crippen LogP contribution in [0.2, 0.25) is 0 Å². The number of unbranched alkanes of at least 4 members (excludes halogenated alkanes) is 4. The minimum Gasteiger partial charge on any atom is -1.00 e. The lowest BCUT2D eigenvalue weighted by molar-refractivity contribution is -0.677. The Balaban J connectivity index is 0. The SMILES string of the molecule is CCCCn1cc[n+](C)c1C.CCCCn1cc[n+](C)c1C.CCCCn1cc[n+](C)c1C.CCCCn1cc[n+](C)c1C.O=P([O-])([O-])[O-].[F-]. The van der Waals surface area contributed by atoms with E-state index < -0.39 is 7.82 Å². The van der Waals surface area contributed by atoms with E-state index in [4.69, 9.17) is 19.2 Å². The van der Waals surface area contributed by atoms with Crippen LogP contribution in [-0.2, 0) is 58.9 Å². The summed E-state index contributed by atoms with van der Waals surface area (Å²) in [4.78, 5) is 25.6. The second kappa shape index (κ2) is 26.7. The van der Waals surface area contributed by atoms with E-state index in [1.807, 2.05) is 0 Å². The van der Waals surface area contributed by atoms with Gasteiger partial charge in [-0.2, -0.15) is 7.82 Å². The minimum absolute atomic E-state index is 0. The van der Waals surface area contributed by atoms with Gasteiger partial charge in [0.1, 0.15) is 49.6 Å². The highest BCUT2D eigenvalue weighted by molar-refractivity contribution is 7.40. The molecule has 0 atom stereocenters. The molecule has 0 N–H and O–H groups in total. The molecule has 0 fully saturated rings. The number of phosphoric acid groups is 1. The molecule has 14 heteroatoms. The molecular weight excluding hydrogens is 658 g/mol. The molecule has 0 amide bonds. The molecule has 4 aromatic rings. The van der Waals surface area contributed by atoms with E-state index in [0.717, 1.165) is 26.2 Å². The molecule has 4 aromatic heterocycles. The number of nitrogens with zero attached hydrogens (tertiary/aromatic N) is 8. The lowest BCUT2D eigenvalue weighted by Crippen LogP contribution is -3.00. The Kier molecular flexibility index (Phi) is 26.1. The first-order chi connectivity index (χ1) is 23.0. The predicted octanol–water partition coefficient (Wildman–Crippen LogP) is -0.136. The molecule has 50 heavy (non-hydrogen) atoms. The molecule has 0 aliphatic rings. The van der Waals surface area contributed by atoms with Crippen molar-refractivity contribution in [3.8, 4) is 0 Å². The molecule has 0 aliphatic carbocycles. The van der Waals surface area contributed by atoms with Gasteiger partial charge in [0.05, 0.1) is 54.4 Å². The van der Waals surface area contributed by atoms with Crippen molar-refractivity contribution < 1.29 is 42.2 Å². The van der Waals surface area contributed by atoms with Crippen molar-refractivity contribution >= 4 is 7.82 Å². The van der Waals surface area contributed by atoms with E-state index in [2.05, 4.69) is 170 Å². The molecule has 0 aliphatic heterocycles. The summed E-state index contributed by atoms with van der Waals surface area (Å²) in [7, 11) is 2.94. The molecule has 0 spiro atoms. The molecule has 0 bridgehead atoms. The number of halogens is 1. The van der Waals surface area contributed by atoms with Crippen LogP contribution in [0.1, 0.15) is 102 Å². The maximum absolute atomic E-state index is 8.55. The molecule has 288 valence electrons. The summed E-state index contributed by atoms with van der Waals surface area (Å²) in [5.74, 6) is 5.33. The molecule has 0 saturated heterocycles. The van der Waals surface area contributed by atoms with E-state index in [1.165, 1.54) is 74.7 Å². The third-order valence-electron chi connectivity index (χ3n) is 8.60. The van der Waals surface area contributed by atoms with Gasteiger partial charge in [-0.3, -0.25) is 0 Å². The van der Waals surface area contributed by atoms with Gasteiger partial charge < -0.3 is 23.9 Å². The number of hydrogen-bond donors (Lipinski definition) is 0. The summed E-state index contributed by atoms with van der Waals surface area (Å²) in [5, 5.41) is 0. The van der Waals surface area contributed by atoms with Crippen LogP contribution in [0.15, 0.2) is 49.6 Å². The van der Waals surface area contributed by atoms with Crippen LogP contribution in [0, 0.1) is 27.7 Å². The van der Waals surface area contributed by atoms with Crippen molar-refractivity contribution in [3.63, 3.8) is 0 Å². The monoisotopic (exact) mass is 727 g/mol. The number of imidazole rings is 4. The van der Waals surface area contributed by atoms with Gasteiger partial charge in [-0.15, -0.1) is 0 Å². The quantitative estimate of drug-likeness (QED) is 0.149. The van der Waals surface area contributed by atoms with Gasteiger partial charge in [-0.1, -0.05) is 53.4 Å². The van der Waals surface area contributed by atoms with Crippen LogP contribution in [0.5, 0.6) is 0 Å². The molecular formula is C36H68FN8O4P. The molecule has 4 heterocycles. The van der Waals surface area contributed by atoms with Gasteiger partial charge in [0.2, 0.25) is 0 Å². The van der Waals surface area contributed by atoms with Crippen LogP contribution in [0.4, 0.5) is 0 Å². The third kappa shape index (κ3) is 20.5. The van der Waals surface area contributed by atoms with Gasteiger partial charge in [0.15, 0.2) is 0 Å². The molecule has 0 saturated carbocycles. The fourth-order valence-corrected chi connectivity index (χ4v) is 4.65. The largest absolute Gasteiger partial charge is 1.00 e. The zero-order valence-corrected chi connectivity index (χ0v) is 34.0.